The lowest BCUT2D eigenvalue weighted by Gasteiger charge is -2.33. The van der Waals surface area contributed by atoms with E-state index in [1.54, 1.807) is 0 Å². The van der Waals surface area contributed by atoms with Gasteiger partial charge in [0.05, 0.1) is 11.5 Å². The highest BCUT2D eigenvalue weighted by atomic mass is 32.2. The zero-order valence-electron chi connectivity index (χ0n) is 12.5. The van der Waals surface area contributed by atoms with Crippen LogP contribution in [0.4, 0.5) is 8.78 Å². The summed E-state index contributed by atoms with van der Waals surface area (Å²) in [6.45, 7) is -0.168. The fourth-order valence-corrected chi connectivity index (χ4v) is 4.51. The van der Waals surface area contributed by atoms with E-state index in [1.807, 2.05) is 0 Å². The number of sulfone groups is 1. The van der Waals surface area contributed by atoms with Crippen LogP contribution in [0.15, 0.2) is 18.2 Å². The van der Waals surface area contributed by atoms with Gasteiger partial charge in [0.1, 0.15) is 6.04 Å². The predicted octanol–water partition coefficient (Wildman–Crippen LogP) is 0.778. The van der Waals surface area contributed by atoms with Crippen LogP contribution in [0, 0.1) is 17.6 Å². The summed E-state index contributed by atoms with van der Waals surface area (Å²) in [7, 11) is -3.49. The highest BCUT2D eigenvalue weighted by Gasteiger charge is 2.49. The summed E-state index contributed by atoms with van der Waals surface area (Å²) in [5.41, 5.74) is 0.476. The molecule has 1 amide bonds. The van der Waals surface area contributed by atoms with Gasteiger partial charge in [-0.15, -0.1) is 0 Å². The number of carbonyl (C=O) groups excluding carboxylic acids is 1. The Labute approximate surface area is 137 Å². The Kier molecular flexibility index (Phi) is 4.06. The number of halogens is 2. The summed E-state index contributed by atoms with van der Waals surface area (Å²) < 4.78 is 49.4. The zero-order chi connectivity index (χ0) is 17.6. The Morgan fingerprint density at radius 2 is 1.92 bits per heavy atom. The van der Waals surface area contributed by atoms with E-state index in [0.29, 0.717) is 12.0 Å². The SMILES string of the molecule is O=C(O)C1CS(=O)(=O)CCN1C(=O)C1CC1c1ccc(F)c(F)c1. The summed E-state index contributed by atoms with van der Waals surface area (Å²) in [5, 5.41) is 9.19. The van der Waals surface area contributed by atoms with Crippen molar-refractivity contribution < 1.29 is 31.9 Å². The van der Waals surface area contributed by atoms with E-state index in [4.69, 9.17) is 0 Å². The monoisotopic (exact) mass is 359 g/mol. The molecule has 0 aromatic heterocycles. The van der Waals surface area contributed by atoms with Crippen LogP contribution in [0.1, 0.15) is 17.9 Å². The predicted molar refractivity (Wildman–Crippen MR) is 79.0 cm³/mol. The first kappa shape index (κ1) is 16.8. The molecule has 3 atom stereocenters. The first-order chi connectivity index (χ1) is 11.2. The van der Waals surface area contributed by atoms with Crippen LogP contribution in [0.25, 0.3) is 0 Å². The molecule has 1 aliphatic heterocycles. The molecule has 3 unspecified atom stereocenters. The van der Waals surface area contributed by atoms with Gasteiger partial charge in [-0.1, -0.05) is 6.07 Å². The molecule has 9 heteroatoms. The molecule has 0 spiro atoms. The molecule has 1 aliphatic carbocycles. The van der Waals surface area contributed by atoms with E-state index in [9.17, 15) is 31.9 Å². The highest BCUT2D eigenvalue weighted by Crippen LogP contribution is 2.49. The molecule has 2 aliphatic rings. The van der Waals surface area contributed by atoms with Gasteiger partial charge in [0.15, 0.2) is 21.5 Å². The Bertz CT molecular complexity index is 810. The van der Waals surface area contributed by atoms with Gasteiger partial charge < -0.3 is 10.0 Å². The Morgan fingerprint density at radius 1 is 1.21 bits per heavy atom. The molecule has 3 rings (SSSR count). The molecular formula is C15H15F2NO5S. The standard InChI is InChI=1S/C15H15F2NO5S/c16-11-2-1-8(5-12(11)17)9-6-10(9)14(19)18-3-4-24(22,23)7-13(18)15(20)21/h1-2,5,9-10,13H,3-4,6-7H2,(H,20,21). The van der Waals surface area contributed by atoms with Gasteiger partial charge >= 0.3 is 5.97 Å². The summed E-state index contributed by atoms with van der Waals surface area (Å²) in [6.07, 6.45) is 0.402. The molecule has 1 heterocycles. The van der Waals surface area contributed by atoms with E-state index in [-0.39, 0.29) is 18.2 Å². The lowest BCUT2D eigenvalue weighted by Crippen LogP contribution is -2.55. The first-order valence-electron chi connectivity index (χ1n) is 7.38. The van der Waals surface area contributed by atoms with Crippen molar-refractivity contribution in [3.8, 4) is 0 Å². The van der Waals surface area contributed by atoms with Crippen molar-refractivity contribution in [2.45, 2.75) is 18.4 Å². The van der Waals surface area contributed by atoms with Crippen LogP contribution >= 0.6 is 0 Å². The summed E-state index contributed by atoms with van der Waals surface area (Å²) >= 11 is 0. The molecule has 1 N–H and O–H groups in total. The van der Waals surface area contributed by atoms with Crippen LogP contribution in [0.5, 0.6) is 0 Å². The van der Waals surface area contributed by atoms with Crippen molar-refractivity contribution in [1.29, 1.82) is 0 Å². The van der Waals surface area contributed by atoms with Crippen LogP contribution in [0.2, 0.25) is 0 Å². The number of benzene rings is 1. The smallest absolute Gasteiger partial charge is 0.327 e. The van der Waals surface area contributed by atoms with Crippen molar-refractivity contribution in [1.82, 2.24) is 4.90 Å². The molecule has 1 saturated heterocycles. The van der Waals surface area contributed by atoms with Gasteiger partial charge in [0.2, 0.25) is 5.91 Å². The van der Waals surface area contributed by atoms with Crippen molar-refractivity contribution in [2.75, 3.05) is 18.1 Å². The van der Waals surface area contributed by atoms with E-state index < -0.39 is 51.1 Å². The van der Waals surface area contributed by atoms with E-state index in [1.165, 1.54) is 6.07 Å². The maximum Gasteiger partial charge on any atom is 0.327 e. The second-order valence-corrected chi connectivity index (χ2v) is 8.35. The lowest BCUT2D eigenvalue weighted by molar-refractivity contribution is -0.149. The molecule has 6 nitrogen and oxygen atoms in total. The average molecular weight is 359 g/mol. The van der Waals surface area contributed by atoms with Gasteiger partial charge in [0, 0.05) is 12.5 Å². The maximum absolute atomic E-state index is 13.3. The molecule has 0 bridgehead atoms. The topological polar surface area (TPSA) is 91.8 Å². The first-order valence-corrected chi connectivity index (χ1v) is 9.20. The molecule has 1 saturated carbocycles. The number of nitrogens with zero attached hydrogens (tertiary/aromatic N) is 1. The minimum atomic E-state index is -3.49. The molecule has 1 aromatic carbocycles. The number of carboxylic acid groups (broad SMARTS) is 1. The number of aliphatic carboxylic acids is 1. The number of rotatable bonds is 3. The minimum Gasteiger partial charge on any atom is -0.480 e. The number of hydrogen-bond acceptors (Lipinski definition) is 4. The Balaban J connectivity index is 1.75. The lowest BCUT2D eigenvalue weighted by atomic mass is 10.1. The van der Waals surface area contributed by atoms with E-state index in [2.05, 4.69) is 0 Å². The third-order valence-electron chi connectivity index (χ3n) is 4.48. The van der Waals surface area contributed by atoms with Crippen molar-refractivity contribution in [2.24, 2.45) is 5.92 Å². The van der Waals surface area contributed by atoms with Crippen LogP contribution in [-0.4, -0.2) is 54.4 Å². The van der Waals surface area contributed by atoms with E-state index >= 15 is 0 Å². The summed E-state index contributed by atoms with van der Waals surface area (Å²) in [4.78, 5) is 24.9. The van der Waals surface area contributed by atoms with Crippen LogP contribution in [0.3, 0.4) is 0 Å². The molecule has 130 valence electrons. The van der Waals surface area contributed by atoms with E-state index in [0.717, 1.165) is 17.0 Å². The van der Waals surface area contributed by atoms with Crippen molar-refractivity contribution >= 4 is 21.7 Å². The molecular weight excluding hydrogens is 344 g/mol. The summed E-state index contributed by atoms with van der Waals surface area (Å²) in [6, 6.07) is 2.01. The second-order valence-electron chi connectivity index (χ2n) is 6.12. The maximum atomic E-state index is 13.3. The highest BCUT2D eigenvalue weighted by molar-refractivity contribution is 7.91. The third kappa shape index (κ3) is 3.12. The van der Waals surface area contributed by atoms with Gasteiger partial charge in [-0.25, -0.2) is 22.0 Å². The molecule has 0 radical (unpaired) electrons. The van der Waals surface area contributed by atoms with Crippen LogP contribution in [-0.2, 0) is 19.4 Å². The van der Waals surface area contributed by atoms with Gasteiger partial charge in [0.25, 0.3) is 0 Å². The normalized spacial score (nSPS) is 28.4. The summed E-state index contributed by atoms with van der Waals surface area (Å²) in [5.74, 6) is -5.50. The third-order valence-corrected chi connectivity index (χ3v) is 6.11. The van der Waals surface area contributed by atoms with Gasteiger partial charge in [-0.3, -0.25) is 4.79 Å². The number of carbonyl (C=O) groups is 2. The fraction of sp³-hybridized carbons (Fsp3) is 0.467. The minimum absolute atomic E-state index is 0.168. The molecule has 1 aromatic rings. The Morgan fingerprint density at radius 3 is 2.54 bits per heavy atom. The number of carboxylic acids is 1. The van der Waals surface area contributed by atoms with Crippen LogP contribution < -0.4 is 0 Å². The van der Waals surface area contributed by atoms with Crippen molar-refractivity contribution in [3.05, 3.63) is 35.4 Å². The van der Waals surface area contributed by atoms with Gasteiger partial charge in [-0.05, 0) is 30.0 Å². The quantitative estimate of drug-likeness (QED) is 0.861. The van der Waals surface area contributed by atoms with Crippen molar-refractivity contribution in [3.63, 3.8) is 0 Å². The number of amides is 1. The molecule has 2 fully saturated rings. The average Bonchev–Trinajstić information content (AvgIpc) is 3.29. The van der Waals surface area contributed by atoms with Gasteiger partial charge in [-0.2, -0.15) is 0 Å². The zero-order valence-corrected chi connectivity index (χ0v) is 13.3. The fourth-order valence-electron chi connectivity index (χ4n) is 3.07. The molecule has 24 heavy (non-hydrogen) atoms. The largest absolute Gasteiger partial charge is 0.480 e. The second kappa shape index (κ2) is 5.80. The Hall–Kier alpha value is -2.03. The number of hydrogen-bond donors (Lipinski definition) is 1.